The first-order valence-electron chi connectivity index (χ1n) is 10.1. The zero-order valence-corrected chi connectivity index (χ0v) is 18.0. The van der Waals surface area contributed by atoms with Crippen LogP contribution in [0.5, 0.6) is 5.75 Å². The summed E-state index contributed by atoms with van der Waals surface area (Å²) in [6, 6.07) is 16.4. The topological polar surface area (TPSA) is 97.0 Å². The highest BCUT2D eigenvalue weighted by atomic mass is 16.5. The van der Waals surface area contributed by atoms with Crippen LogP contribution in [0.15, 0.2) is 70.2 Å². The molecule has 32 heavy (non-hydrogen) atoms. The fourth-order valence-corrected chi connectivity index (χ4v) is 3.39. The van der Waals surface area contributed by atoms with Crippen LogP contribution >= 0.6 is 0 Å². The van der Waals surface area contributed by atoms with E-state index < -0.39 is 5.91 Å². The minimum absolute atomic E-state index is 0.146. The standard InChI is InChI=1S/C25H23N3O4/c1-15-9-10-22(31-3)21(11-15)28-24(30)20-12-19-17(14-29)13-26-16(2)23(19)32-25(20)27-18-7-5-4-6-8-18/h4-13,29H,14H2,1-3H3,(H,28,30). The van der Waals surface area contributed by atoms with Crippen LogP contribution in [0.2, 0.25) is 0 Å². The van der Waals surface area contributed by atoms with Gasteiger partial charge in [0.25, 0.3) is 5.91 Å². The van der Waals surface area contributed by atoms with Gasteiger partial charge in [-0.25, -0.2) is 4.99 Å². The third kappa shape index (κ3) is 4.24. The largest absolute Gasteiger partial charge is 0.495 e. The molecule has 0 saturated heterocycles. The molecule has 0 atom stereocenters. The zero-order chi connectivity index (χ0) is 22.7. The lowest BCUT2D eigenvalue weighted by atomic mass is 10.1. The van der Waals surface area contributed by atoms with Gasteiger partial charge < -0.3 is 19.6 Å². The summed E-state index contributed by atoms with van der Waals surface area (Å²) in [7, 11) is 1.55. The maximum atomic E-state index is 13.4. The fraction of sp³-hybridized carbons (Fsp3) is 0.160. The second-order valence-electron chi connectivity index (χ2n) is 7.34. The van der Waals surface area contributed by atoms with Crippen LogP contribution in [0.25, 0.3) is 11.0 Å². The van der Waals surface area contributed by atoms with Crippen LogP contribution in [-0.4, -0.2) is 23.1 Å². The van der Waals surface area contributed by atoms with Crippen molar-refractivity contribution in [3.05, 3.63) is 88.7 Å². The number of benzene rings is 2. The molecule has 4 aromatic rings. The van der Waals surface area contributed by atoms with E-state index in [1.807, 2.05) is 49.4 Å². The Kier molecular flexibility index (Phi) is 6.00. The van der Waals surface area contributed by atoms with Crippen LogP contribution in [0.1, 0.15) is 27.2 Å². The molecule has 2 aromatic carbocycles. The van der Waals surface area contributed by atoms with Crippen molar-refractivity contribution in [1.82, 2.24) is 4.98 Å². The van der Waals surface area contributed by atoms with Gasteiger partial charge in [0, 0.05) is 17.1 Å². The molecular formula is C25H23N3O4. The third-order valence-electron chi connectivity index (χ3n) is 5.06. The van der Waals surface area contributed by atoms with Gasteiger partial charge in [-0.3, -0.25) is 9.78 Å². The molecule has 0 fully saturated rings. The van der Waals surface area contributed by atoms with E-state index in [0.717, 1.165) is 5.56 Å². The summed E-state index contributed by atoms with van der Waals surface area (Å²) in [5.41, 5.74) is 4.19. The van der Waals surface area contributed by atoms with E-state index in [1.54, 1.807) is 32.4 Å². The number of nitrogens with zero attached hydrogens (tertiary/aromatic N) is 2. The number of aromatic nitrogens is 1. The molecule has 2 N–H and O–H groups in total. The molecule has 0 aliphatic carbocycles. The van der Waals surface area contributed by atoms with Crippen molar-refractivity contribution in [2.45, 2.75) is 20.5 Å². The summed E-state index contributed by atoms with van der Waals surface area (Å²) < 4.78 is 11.5. The molecular weight excluding hydrogens is 406 g/mol. The Labute approximate surface area is 185 Å². The fourth-order valence-electron chi connectivity index (χ4n) is 3.39. The average Bonchev–Trinajstić information content (AvgIpc) is 2.80. The molecule has 7 nitrogen and oxygen atoms in total. The van der Waals surface area contributed by atoms with Gasteiger partial charge >= 0.3 is 0 Å². The van der Waals surface area contributed by atoms with Crippen molar-refractivity contribution in [3.63, 3.8) is 0 Å². The molecule has 1 amide bonds. The first-order chi connectivity index (χ1) is 15.5. The summed E-state index contributed by atoms with van der Waals surface area (Å²) >= 11 is 0. The van der Waals surface area contributed by atoms with Crippen molar-refractivity contribution in [2.24, 2.45) is 4.99 Å². The van der Waals surface area contributed by atoms with Crippen molar-refractivity contribution in [1.29, 1.82) is 0 Å². The highest BCUT2D eigenvalue weighted by molar-refractivity contribution is 6.06. The maximum Gasteiger partial charge on any atom is 0.261 e. The lowest BCUT2D eigenvalue weighted by molar-refractivity contribution is 0.102. The molecule has 0 bridgehead atoms. The van der Waals surface area contributed by atoms with Crippen molar-refractivity contribution >= 4 is 28.3 Å². The van der Waals surface area contributed by atoms with E-state index >= 15 is 0 Å². The second kappa shape index (κ2) is 9.03. The molecule has 2 aromatic heterocycles. The molecule has 4 rings (SSSR count). The number of aliphatic hydroxyl groups excluding tert-OH is 1. The number of hydrogen-bond donors (Lipinski definition) is 2. The Morgan fingerprint density at radius 3 is 2.66 bits per heavy atom. The van der Waals surface area contributed by atoms with Gasteiger partial charge in [-0.05, 0) is 49.7 Å². The summed E-state index contributed by atoms with van der Waals surface area (Å²) in [6.07, 6.45) is 1.58. The maximum absolute atomic E-state index is 13.4. The molecule has 7 heteroatoms. The van der Waals surface area contributed by atoms with Crippen LogP contribution in [0.3, 0.4) is 0 Å². The molecule has 0 unspecified atom stereocenters. The summed E-state index contributed by atoms with van der Waals surface area (Å²) in [6.45, 7) is 3.50. The first kappa shape index (κ1) is 21.3. The predicted octanol–water partition coefficient (Wildman–Crippen LogP) is 4.43. The number of pyridine rings is 1. The van der Waals surface area contributed by atoms with E-state index in [-0.39, 0.29) is 17.7 Å². The van der Waals surface area contributed by atoms with Gasteiger partial charge in [0.05, 0.1) is 30.8 Å². The van der Waals surface area contributed by atoms with Crippen LogP contribution < -0.4 is 15.6 Å². The Morgan fingerprint density at radius 2 is 1.94 bits per heavy atom. The monoisotopic (exact) mass is 429 g/mol. The molecule has 0 radical (unpaired) electrons. The van der Waals surface area contributed by atoms with Gasteiger partial charge in [0.2, 0.25) is 5.55 Å². The number of para-hydroxylation sites is 1. The highest BCUT2D eigenvalue weighted by Crippen LogP contribution is 2.26. The molecule has 0 saturated carbocycles. The number of fused-ring (bicyclic) bond motifs is 1. The van der Waals surface area contributed by atoms with E-state index in [2.05, 4.69) is 15.3 Å². The molecule has 0 spiro atoms. The minimum atomic E-state index is -0.410. The summed E-state index contributed by atoms with van der Waals surface area (Å²) in [5.74, 6) is 0.131. The van der Waals surface area contributed by atoms with Crippen molar-refractivity contribution < 1.29 is 19.1 Å². The van der Waals surface area contributed by atoms with E-state index in [1.165, 1.54) is 0 Å². The van der Waals surface area contributed by atoms with Crippen LogP contribution in [-0.2, 0) is 6.61 Å². The van der Waals surface area contributed by atoms with E-state index in [0.29, 0.717) is 39.4 Å². The summed E-state index contributed by atoms with van der Waals surface area (Å²) in [4.78, 5) is 22.2. The number of aliphatic hydroxyl groups is 1. The SMILES string of the molecule is COc1ccc(C)cc1NC(=O)c1cc2c(CO)cnc(C)c2oc1=Nc1ccccc1. The number of amides is 1. The van der Waals surface area contributed by atoms with Crippen molar-refractivity contribution in [2.75, 3.05) is 12.4 Å². The number of hydrogen-bond acceptors (Lipinski definition) is 6. The number of methoxy groups -OCH3 is 1. The molecule has 0 aliphatic heterocycles. The lowest BCUT2D eigenvalue weighted by Gasteiger charge is -2.12. The minimum Gasteiger partial charge on any atom is -0.495 e. The number of anilines is 1. The zero-order valence-electron chi connectivity index (χ0n) is 18.0. The number of carbonyl (C=O) groups excluding carboxylic acids is 1. The van der Waals surface area contributed by atoms with E-state index in [9.17, 15) is 9.90 Å². The second-order valence-corrected chi connectivity index (χ2v) is 7.34. The Morgan fingerprint density at radius 1 is 1.16 bits per heavy atom. The summed E-state index contributed by atoms with van der Waals surface area (Å²) in [5, 5.41) is 13.3. The van der Waals surface area contributed by atoms with Gasteiger partial charge in [0.15, 0.2) is 5.58 Å². The molecule has 2 heterocycles. The molecule has 162 valence electrons. The quantitative estimate of drug-likeness (QED) is 0.489. The highest BCUT2D eigenvalue weighted by Gasteiger charge is 2.18. The number of nitrogens with one attached hydrogen (secondary N) is 1. The van der Waals surface area contributed by atoms with Crippen LogP contribution in [0.4, 0.5) is 11.4 Å². The van der Waals surface area contributed by atoms with Gasteiger partial charge in [-0.2, -0.15) is 0 Å². The number of aryl methyl sites for hydroxylation is 2. The van der Waals surface area contributed by atoms with Gasteiger partial charge in [0.1, 0.15) is 11.3 Å². The van der Waals surface area contributed by atoms with E-state index in [4.69, 9.17) is 9.15 Å². The predicted molar refractivity (Wildman–Crippen MR) is 122 cm³/mol. The molecule has 0 aliphatic rings. The Hall–Kier alpha value is -3.97. The number of rotatable bonds is 5. The average molecular weight is 429 g/mol. The van der Waals surface area contributed by atoms with Gasteiger partial charge in [-0.1, -0.05) is 24.3 Å². The number of carbonyl (C=O) groups is 1. The third-order valence-corrected chi connectivity index (χ3v) is 5.06. The van der Waals surface area contributed by atoms with Gasteiger partial charge in [-0.15, -0.1) is 0 Å². The lowest BCUT2D eigenvalue weighted by Crippen LogP contribution is -2.22. The normalized spacial score (nSPS) is 11.6. The smallest absolute Gasteiger partial charge is 0.261 e. The number of ether oxygens (including phenoxy) is 1. The van der Waals surface area contributed by atoms with Crippen LogP contribution in [0, 0.1) is 13.8 Å². The first-order valence-corrected chi connectivity index (χ1v) is 10.1. The van der Waals surface area contributed by atoms with Crippen molar-refractivity contribution in [3.8, 4) is 5.75 Å². The Balaban J connectivity index is 1.92. The Bertz CT molecular complexity index is 1360.